The lowest BCUT2D eigenvalue weighted by Gasteiger charge is -2.16. The number of hydrogen-bond acceptors (Lipinski definition) is 2. The van der Waals surface area contributed by atoms with Crippen LogP contribution in [0.15, 0.2) is 47.4 Å². The highest BCUT2D eigenvalue weighted by Crippen LogP contribution is 2.27. The van der Waals surface area contributed by atoms with Crippen LogP contribution in [0.5, 0.6) is 0 Å². The maximum Gasteiger partial charge on any atom is 0.162 e. The molecule has 0 amide bonds. The number of nitrogens with one attached hydrogen (secondary N) is 1. The van der Waals surface area contributed by atoms with Crippen molar-refractivity contribution in [2.24, 2.45) is 0 Å². The normalized spacial score (nSPS) is 12.4. The van der Waals surface area contributed by atoms with Gasteiger partial charge >= 0.3 is 0 Å². The molecule has 0 aliphatic carbocycles. The molecule has 0 saturated carbocycles. The van der Waals surface area contributed by atoms with Gasteiger partial charge < -0.3 is 5.32 Å². The van der Waals surface area contributed by atoms with Crippen LogP contribution in [-0.4, -0.2) is 18.8 Å². The van der Waals surface area contributed by atoms with Crippen molar-refractivity contribution in [3.63, 3.8) is 0 Å². The standard InChI is InChI=1S/C16H16ClF2NS/c1-20-12(9-11-5-4-7-14(18)16(11)19)10-21-15-8-3-2-6-13(15)17/h2-8,12,20H,9-10H2,1H3. The van der Waals surface area contributed by atoms with Crippen LogP contribution in [-0.2, 0) is 6.42 Å². The van der Waals surface area contributed by atoms with Crippen LogP contribution in [0.3, 0.4) is 0 Å². The molecule has 0 bridgehead atoms. The van der Waals surface area contributed by atoms with E-state index in [4.69, 9.17) is 11.6 Å². The van der Waals surface area contributed by atoms with Crippen LogP contribution in [0.25, 0.3) is 0 Å². The van der Waals surface area contributed by atoms with Gasteiger partial charge in [0, 0.05) is 16.7 Å². The summed E-state index contributed by atoms with van der Waals surface area (Å²) in [5, 5.41) is 3.84. The van der Waals surface area contributed by atoms with Crippen LogP contribution in [0.1, 0.15) is 5.56 Å². The van der Waals surface area contributed by atoms with Crippen LogP contribution < -0.4 is 5.32 Å². The Kier molecular flexibility index (Phi) is 6.03. The molecule has 2 aromatic carbocycles. The Morgan fingerprint density at radius 2 is 1.90 bits per heavy atom. The molecular weight excluding hydrogens is 312 g/mol. The predicted octanol–water partition coefficient (Wildman–Crippen LogP) is 4.54. The van der Waals surface area contributed by atoms with Crippen LogP contribution >= 0.6 is 23.4 Å². The van der Waals surface area contributed by atoms with Gasteiger partial charge in [0.05, 0.1) is 5.02 Å². The van der Waals surface area contributed by atoms with Crippen molar-refractivity contribution in [2.45, 2.75) is 17.4 Å². The number of likely N-dealkylation sites (N-methyl/N-ethyl adjacent to an activating group) is 1. The molecular formula is C16H16ClF2NS. The third-order valence-corrected chi connectivity index (χ3v) is 4.86. The highest BCUT2D eigenvalue weighted by atomic mass is 35.5. The summed E-state index contributed by atoms with van der Waals surface area (Å²) in [5.74, 6) is -0.850. The van der Waals surface area contributed by atoms with Crippen LogP contribution in [0, 0.1) is 11.6 Å². The minimum absolute atomic E-state index is 0.0302. The number of benzene rings is 2. The van der Waals surface area contributed by atoms with Gasteiger partial charge in [-0.3, -0.25) is 0 Å². The fraction of sp³-hybridized carbons (Fsp3) is 0.250. The molecule has 1 atom stereocenters. The van der Waals surface area contributed by atoms with Gasteiger partial charge in [-0.15, -0.1) is 11.8 Å². The zero-order valence-electron chi connectivity index (χ0n) is 11.6. The molecule has 0 aliphatic heterocycles. The molecule has 2 aromatic rings. The molecule has 0 spiro atoms. The van der Waals surface area contributed by atoms with E-state index in [-0.39, 0.29) is 6.04 Å². The van der Waals surface area contributed by atoms with Gasteiger partial charge in [-0.1, -0.05) is 35.9 Å². The molecule has 1 N–H and O–H groups in total. The number of thioether (sulfide) groups is 1. The van der Waals surface area contributed by atoms with Gasteiger partial charge in [-0.05, 0) is 37.2 Å². The molecule has 1 nitrogen and oxygen atoms in total. The highest BCUT2D eigenvalue weighted by molar-refractivity contribution is 7.99. The summed E-state index contributed by atoms with van der Waals surface area (Å²) in [5.41, 5.74) is 0.383. The van der Waals surface area contributed by atoms with Gasteiger partial charge in [0.2, 0.25) is 0 Å². The highest BCUT2D eigenvalue weighted by Gasteiger charge is 2.14. The fourth-order valence-corrected chi connectivity index (χ4v) is 3.31. The average Bonchev–Trinajstić information content (AvgIpc) is 2.49. The Morgan fingerprint density at radius 1 is 1.14 bits per heavy atom. The summed E-state index contributed by atoms with van der Waals surface area (Å²) in [6, 6.07) is 11.9. The minimum Gasteiger partial charge on any atom is -0.316 e. The largest absolute Gasteiger partial charge is 0.316 e. The second-order valence-corrected chi connectivity index (χ2v) is 6.11. The first kappa shape index (κ1) is 16.3. The SMILES string of the molecule is CNC(CSc1ccccc1Cl)Cc1cccc(F)c1F. The van der Waals surface area contributed by atoms with Gasteiger partial charge in [-0.2, -0.15) is 0 Å². The van der Waals surface area contributed by atoms with Crippen molar-refractivity contribution in [2.75, 3.05) is 12.8 Å². The zero-order chi connectivity index (χ0) is 15.2. The summed E-state index contributed by atoms with van der Waals surface area (Å²) < 4.78 is 26.9. The van der Waals surface area contributed by atoms with Gasteiger partial charge in [0.25, 0.3) is 0 Å². The Morgan fingerprint density at radius 3 is 2.62 bits per heavy atom. The maximum absolute atomic E-state index is 13.7. The minimum atomic E-state index is -0.805. The monoisotopic (exact) mass is 327 g/mol. The summed E-state index contributed by atoms with van der Waals surface area (Å²) in [6.07, 6.45) is 0.428. The first-order chi connectivity index (χ1) is 10.1. The fourth-order valence-electron chi connectivity index (χ4n) is 1.97. The van der Waals surface area contributed by atoms with E-state index < -0.39 is 11.6 Å². The van der Waals surface area contributed by atoms with E-state index in [0.29, 0.717) is 17.0 Å². The quantitative estimate of drug-likeness (QED) is 0.782. The van der Waals surface area contributed by atoms with Gasteiger partial charge in [0.1, 0.15) is 0 Å². The van der Waals surface area contributed by atoms with Crippen molar-refractivity contribution in [3.05, 3.63) is 64.7 Å². The first-order valence-corrected chi connectivity index (χ1v) is 7.95. The van der Waals surface area contributed by atoms with Crippen LogP contribution in [0.4, 0.5) is 8.78 Å². The molecule has 0 radical (unpaired) electrons. The molecule has 0 heterocycles. The lowest BCUT2D eigenvalue weighted by atomic mass is 10.1. The number of hydrogen-bond donors (Lipinski definition) is 1. The topological polar surface area (TPSA) is 12.0 Å². The van der Waals surface area contributed by atoms with E-state index in [9.17, 15) is 8.78 Å². The molecule has 0 saturated heterocycles. The van der Waals surface area contributed by atoms with E-state index >= 15 is 0 Å². The van der Waals surface area contributed by atoms with E-state index in [1.807, 2.05) is 31.3 Å². The number of rotatable bonds is 6. The molecule has 2 rings (SSSR count). The Labute approximate surface area is 132 Å². The number of halogens is 3. The third kappa shape index (κ3) is 4.43. The Bertz CT molecular complexity index is 607. The molecule has 0 fully saturated rings. The van der Waals surface area contributed by atoms with E-state index in [2.05, 4.69) is 5.32 Å². The van der Waals surface area contributed by atoms with Crippen molar-refractivity contribution in [1.29, 1.82) is 0 Å². The molecule has 21 heavy (non-hydrogen) atoms. The maximum atomic E-state index is 13.7. The van der Waals surface area contributed by atoms with Gasteiger partial charge in [0.15, 0.2) is 11.6 Å². The summed E-state index contributed by atoms with van der Waals surface area (Å²) in [7, 11) is 1.81. The Hall–Kier alpha value is -1.10. The summed E-state index contributed by atoms with van der Waals surface area (Å²) in [4.78, 5) is 0.985. The second-order valence-electron chi connectivity index (χ2n) is 4.64. The van der Waals surface area contributed by atoms with Crippen molar-refractivity contribution in [1.82, 2.24) is 5.32 Å². The second kappa shape index (κ2) is 7.78. The summed E-state index contributed by atoms with van der Waals surface area (Å²) in [6.45, 7) is 0. The molecule has 1 unspecified atom stereocenters. The first-order valence-electron chi connectivity index (χ1n) is 6.59. The van der Waals surface area contributed by atoms with Crippen LogP contribution in [0.2, 0.25) is 5.02 Å². The summed E-state index contributed by atoms with van der Waals surface area (Å²) >= 11 is 7.70. The van der Waals surface area contributed by atoms with Gasteiger partial charge in [-0.25, -0.2) is 8.78 Å². The third-order valence-electron chi connectivity index (χ3n) is 3.18. The zero-order valence-corrected chi connectivity index (χ0v) is 13.1. The van der Waals surface area contributed by atoms with Crippen molar-refractivity contribution < 1.29 is 8.78 Å². The van der Waals surface area contributed by atoms with Crippen molar-refractivity contribution >= 4 is 23.4 Å². The lowest BCUT2D eigenvalue weighted by Crippen LogP contribution is -2.30. The molecule has 0 aliphatic rings. The van der Waals surface area contributed by atoms with E-state index in [1.165, 1.54) is 6.07 Å². The Balaban J connectivity index is 2.01. The molecule has 112 valence electrons. The van der Waals surface area contributed by atoms with E-state index in [0.717, 1.165) is 16.7 Å². The molecule has 5 heteroatoms. The predicted molar refractivity (Wildman–Crippen MR) is 85.1 cm³/mol. The smallest absolute Gasteiger partial charge is 0.162 e. The molecule has 0 aromatic heterocycles. The average molecular weight is 328 g/mol. The lowest BCUT2D eigenvalue weighted by molar-refractivity contribution is 0.490. The van der Waals surface area contributed by atoms with E-state index in [1.54, 1.807) is 17.8 Å². The van der Waals surface area contributed by atoms with Crippen molar-refractivity contribution in [3.8, 4) is 0 Å².